The van der Waals surface area contributed by atoms with Crippen molar-refractivity contribution in [3.05, 3.63) is 24.7 Å². The number of nitrogens with zero attached hydrogens (tertiary/aromatic N) is 7. The lowest BCUT2D eigenvalue weighted by Gasteiger charge is -2.28. The number of Topliss-reactive ketones (excluding diaryl/α,β-unsaturated/α-hetero) is 1. The third-order valence-corrected chi connectivity index (χ3v) is 10.6. The number of aliphatic imine (C=N–C) groups is 1. The maximum absolute atomic E-state index is 16.0. The molecule has 4 aliphatic heterocycles. The second-order valence-electron chi connectivity index (χ2n) is 10.3. The average Bonchev–Trinajstić information content (AvgIpc) is 3.72. The number of hydrogen-bond donors (Lipinski definition) is 4. The van der Waals surface area contributed by atoms with E-state index in [1.807, 2.05) is 0 Å². The van der Waals surface area contributed by atoms with Crippen LogP contribution in [0.3, 0.4) is 0 Å². The molecule has 4 aliphatic rings. The molecule has 0 aromatic carbocycles. The van der Waals surface area contributed by atoms with Crippen molar-refractivity contribution in [2.45, 2.75) is 55.6 Å². The van der Waals surface area contributed by atoms with E-state index >= 15 is 8.78 Å². The largest absolute Gasteiger partial charge is 0.387 e. The number of rotatable bonds is 2. The highest BCUT2D eigenvalue weighted by Gasteiger charge is 2.54. The molecule has 4 N–H and O–H groups in total. The van der Waals surface area contributed by atoms with Crippen molar-refractivity contribution in [1.82, 2.24) is 29.1 Å². The van der Waals surface area contributed by atoms with E-state index in [0.717, 1.165) is 17.2 Å². The zero-order chi connectivity index (χ0) is 31.8. The number of nitrogens with two attached hydrogens (primary N) is 2. The summed E-state index contributed by atoms with van der Waals surface area (Å²) in [5, 5.41) is 0. The van der Waals surface area contributed by atoms with Crippen molar-refractivity contribution in [1.29, 1.82) is 0 Å². The van der Waals surface area contributed by atoms with Gasteiger partial charge in [0.2, 0.25) is 0 Å². The Kier molecular flexibility index (Phi) is 7.82. The minimum atomic E-state index is -4.43. The smallest absolute Gasteiger partial charge is 0.386 e. The predicted molar refractivity (Wildman–Crippen MR) is 155 cm³/mol. The quantitative estimate of drug-likeness (QED) is 0.221. The molecule has 3 fully saturated rings. The first-order valence-corrected chi connectivity index (χ1v) is 18.5. The predicted octanol–water partition coefficient (Wildman–Crippen LogP) is 2.24. The van der Waals surface area contributed by atoms with Gasteiger partial charge in [-0.1, -0.05) is 24.5 Å². The van der Waals surface area contributed by atoms with Gasteiger partial charge < -0.3 is 20.9 Å². The molecule has 242 valence electrons. The number of ether oxygens (including phenoxy) is 2. The van der Waals surface area contributed by atoms with Crippen molar-refractivity contribution < 1.29 is 50.3 Å². The number of fused-ring (bicyclic) bond motifs is 4. The minimum Gasteiger partial charge on any atom is -0.387 e. The molecular formula is C21H23F2N9O9P2S2. The molecule has 3 aromatic rings. The SMILES string of the molecule is NC1=Nc2c(ncn2[C@@H]2O[C@@H]3CO[P@@](=O)(S)O[C@H]4[C@@H](F)[C@H](n5cnc6c(N)ncnc65)O[C@@H]4CO[P@@](=O)(S)O[C@H]3[C@H]2F)C(=O)C1. The van der Waals surface area contributed by atoms with E-state index in [1.54, 1.807) is 0 Å². The van der Waals surface area contributed by atoms with Crippen LogP contribution in [0.25, 0.3) is 11.2 Å². The van der Waals surface area contributed by atoms with Crippen LogP contribution in [0.15, 0.2) is 24.0 Å². The molecule has 3 saturated heterocycles. The fourth-order valence-electron chi connectivity index (χ4n) is 5.39. The highest BCUT2D eigenvalue weighted by Crippen LogP contribution is 2.60. The molecule has 7 rings (SSSR count). The number of amidine groups is 1. The number of halogens is 2. The van der Waals surface area contributed by atoms with E-state index < -0.39 is 81.8 Å². The summed E-state index contributed by atoms with van der Waals surface area (Å²) in [5.74, 6) is -0.470. The van der Waals surface area contributed by atoms with Crippen LogP contribution in [-0.4, -0.2) is 90.7 Å². The Bertz CT molecular complexity index is 1820. The molecule has 7 heterocycles. The van der Waals surface area contributed by atoms with Gasteiger partial charge in [0.05, 0.1) is 32.3 Å². The molecular weight excluding hydrogens is 686 g/mol. The number of imidazole rings is 2. The first-order valence-electron chi connectivity index (χ1n) is 13.1. The third-order valence-electron chi connectivity index (χ3n) is 7.41. The molecule has 0 aliphatic carbocycles. The fourth-order valence-corrected chi connectivity index (χ4v) is 8.35. The monoisotopic (exact) mass is 709 g/mol. The Morgan fingerprint density at radius 3 is 2.07 bits per heavy atom. The highest BCUT2D eigenvalue weighted by atomic mass is 32.7. The standard InChI is InChI=1S/C21H23F2N9O9P2S2/c22-11-15-8(38-20(11)31-6-29-14-17(25)26-4-27-18(14)31)2-36-43(35,45)41-16-9(3-37-42(34,44)40-15)39-21(12(16)23)32-5-28-13-7(33)1-10(24)30-19(13)32/h4-6,8-9,11-12,15-16,20-21H,1-3H2,(H2,24,30)(H,34,44)(H,35,45)(H2,25,26,27)/t8-,9-,11-,12-,15-,16-,20-,21-,42-,43-/m1/s1. The molecule has 24 heteroatoms. The lowest BCUT2D eigenvalue weighted by molar-refractivity contribution is -0.0547. The number of alkyl halides is 2. The van der Waals surface area contributed by atoms with Crippen LogP contribution >= 0.6 is 38.1 Å². The molecule has 0 bridgehead atoms. The zero-order valence-corrected chi connectivity index (χ0v) is 26.1. The molecule has 0 radical (unpaired) electrons. The summed E-state index contributed by atoms with van der Waals surface area (Å²) >= 11 is 7.96. The number of carbonyl (C=O) groups excluding carboxylic acids is 1. The number of aromatic nitrogens is 6. The Balaban J connectivity index is 1.16. The molecule has 10 atom stereocenters. The van der Waals surface area contributed by atoms with Gasteiger partial charge >= 0.3 is 13.6 Å². The first-order chi connectivity index (χ1) is 21.3. The summed E-state index contributed by atoms with van der Waals surface area (Å²) in [6.07, 6.45) is -9.94. The summed E-state index contributed by atoms with van der Waals surface area (Å²) in [5.41, 5.74) is 11.8. The van der Waals surface area contributed by atoms with Crippen molar-refractivity contribution in [2.75, 3.05) is 18.9 Å². The van der Waals surface area contributed by atoms with Crippen LogP contribution < -0.4 is 11.5 Å². The number of nitrogen functional groups attached to an aromatic ring is 1. The van der Waals surface area contributed by atoms with Gasteiger partial charge in [-0.3, -0.25) is 32.0 Å². The summed E-state index contributed by atoms with van der Waals surface area (Å²) in [4.78, 5) is 32.4. The summed E-state index contributed by atoms with van der Waals surface area (Å²) in [6, 6.07) is 0. The van der Waals surface area contributed by atoms with Crippen molar-refractivity contribution >= 4 is 72.5 Å². The second kappa shape index (κ2) is 11.3. The fraction of sp³-hybridized carbons (Fsp3) is 0.524. The molecule has 0 saturated carbocycles. The number of anilines is 1. The van der Waals surface area contributed by atoms with Gasteiger partial charge in [-0.05, 0) is 0 Å². The topological polar surface area (TPSA) is 232 Å². The summed E-state index contributed by atoms with van der Waals surface area (Å²) < 4.78 is 94.3. The van der Waals surface area contributed by atoms with Gasteiger partial charge in [-0.2, -0.15) is 0 Å². The van der Waals surface area contributed by atoms with Crippen molar-refractivity contribution in [2.24, 2.45) is 10.7 Å². The normalized spacial score (nSPS) is 39.0. The number of ketones is 1. The minimum absolute atomic E-state index is 0.0186. The van der Waals surface area contributed by atoms with E-state index in [0.29, 0.717) is 0 Å². The van der Waals surface area contributed by atoms with Crippen molar-refractivity contribution in [3.63, 3.8) is 0 Å². The Hall–Kier alpha value is -2.52. The lowest BCUT2D eigenvalue weighted by atomic mass is 10.1. The second-order valence-corrected chi connectivity index (χ2v) is 16.0. The van der Waals surface area contributed by atoms with E-state index in [-0.39, 0.29) is 40.7 Å². The summed E-state index contributed by atoms with van der Waals surface area (Å²) in [7, 11) is 0. The highest BCUT2D eigenvalue weighted by molar-refractivity contribution is 8.44. The number of carbonyl (C=O) groups is 1. The Labute approximate surface area is 261 Å². The number of hydrogen-bond acceptors (Lipinski definition) is 16. The van der Waals surface area contributed by atoms with Crippen LogP contribution in [0, 0.1) is 0 Å². The molecule has 0 unspecified atom stereocenters. The third kappa shape index (κ3) is 5.60. The van der Waals surface area contributed by atoms with Gasteiger partial charge in [0.15, 0.2) is 53.6 Å². The lowest BCUT2D eigenvalue weighted by Crippen LogP contribution is -2.36. The van der Waals surface area contributed by atoms with Crippen LogP contribution in [0.5, 0.6) is 0 Å². The van der Waals surface area contributed by atoms with Crippen LogP contribution in [0.1, 0.15) is 29.4 Å². The van der Waals surface area contributed by atoms with E-state index in [2.05, 4.69) is 49.4 Å². The zero-order valence-electron chi connectivity index (χ0n) is 22.5. The molecule has 3 aromatic heterocycles. The molecule has 0 amide bonds. The molecule has 45 heavy (non-hydrogen) atoms. The van der Waals surface area contributed by atoms with Gasteiger partial charge in [0.1, 0.15) is 42.1 Å². The van der Waals surface area contributed by atoms with Gasteiger partial charge in [-0.25, -0.2) is 42.8 Å². The van der Waals surface area contributed by atoms with E-state index in [9.17, 15) is 13.9 Å². The van der Waals surface area contributed by atoms with Crippen LogP contribution in [0.4, 0.5) is 20.4 Å². The molecule has 18 nitrogen and oxygen atoms in total. The van der Waals surface area contributed by atoms with E-state index in [4.69, 9.17) is 39.0 Å². The Morgan fingerprint density at radius 1 is 0.867 bits per heavy atom. The van der Waals surface area contributed by atoms with E-state index in [1.165, 1.54) is 10.9 Å². The van der Waals surface area contributed by atoms with Crippen molar-refractivity contribution in [3.8, 4) is 0 Å². The maximum Gasteiger partial charge on any atom is 0.386 e. The van der Waals surface area contributed by atoms with Gasteiger partial charge in [0.25, 0.3) is 0 Å². The number of thiol groups is 2. The Morgan fingerprint density at radius 2 is 1.44 bits per heavy atom. The first kappa shape index (κ1) is 31.1. The average molecular weight is 710 g/mol. The van der Waals surface area contributed by atoms with Gasteiger partial charge in [0, 0.05) is 0 Å². The maximum atomic E-state index is 16.0. The molecule has 0 spiro atoms. The summed E-state index contributed by atoms with van der Waals surface area (Å²) in [6.45, 7) is -10.2. The van der Waals surface area contributed by atoms with Crippen LogP contribution in [-0.2, 0) is 36.7 Å². The van der Waals surface area contributed by atoms with Gasteiger partial charge in [-0.15, -0.1) is 0 Å². The van der Waals surface area contributed by atoms with Crippen LogP contribution in [0.2, 0.25) is 0 Å².